The third-order valence-electron chi connectivity index (χ3n) is 4.04. The summed E-state index contributed by atoms with van der Waals surface area (Å²) in [6, 6.07) is 15.6. The molecular formula is C20H19N3O2S. The predicted molar refractivity (Wildman–Crippen MR) is 104 cm³/mol. The molecule has 2 aromatic carbocycles. The van der Waals surface area contributed by atoms with Crippen LogP contribution in [0.3, 0.4) is 0 Å². The van der Waals surface area contributed by atoms with Gasteiger partial charge >= 0.3 is 5.97 Å². The Balaban J connectivity index is 1.73. The average Bonchev–Trinajstić information content (AvgIpc) is 3.16. The lowest BCUT2D eigenvalue weighted by atomic mass is 10.1. The number of nitrogens with zero attached hydrogens (tertiary/aromatic N) is 1. The normalized spacial score (nSPS) is 10.5. The molecule has 3 rings (SSSR count). The zero-order valence-corrected chi connectivity index (χ0v) is 15.2. The molecule has 0 saturated heterocycles. The molecule has 5 nitrogen and oxygen atoms in total. The minimum Gasteiger partial charge on any atom is -0.469 e. The quantitative estimate of drug-likeness (QED) is 0.394. The van der Waals surface area contributed by atoms with Gasteiger partial charge in [-0.15, -0.1) is 11.3 Å². The van der Waals surface area contributed by atoms with Crippen LogP contribution in [0.4, 0.5) is 0 Å². The van der Waals surface area contributed by atoms with Gasteiger partial charge in [0.15, 0.2) is 0 Å². The smallest absolute Gasteiger partial charge is 0.305 e. The minimum atomic E-state index is -0.200. The van der Waals surface area contributed by atoms with Crippen LogP contribution in [-0.4, -0.2) is 23.9 Å². The van der Waals surface area contributed by atoms with Gasteiger partial charge in [0, 0.05) is 28.5 Å². The lowest BCUT2D eigenvalue weighted by Gasteiger charge is -2.02. The maximum Gasteiger partial charge on any atom is 0.305 e. The third-order valence-corrected chi connectivity index (χ3v) is 4.93. The summed E-state index contributed by atoms with van der Waals surface area (Å²) >= 11 is 1.58. The fourth-order valence-electron chi connectivity index (χ4n) is 2.52. The first kappa shape index (κ1) is 17.8. The SMILES string of the molecule is COC(=O)CCc1ccc(-c2csc(-c3ccc(C(=N)N)cc3)n2)cc1. The molecule has 0 fully saturated rings. The summed E-state index contributed by atoms with van der Waals surface area (Å²) in [5.74, 6) is -0.141. The second-order valence-electron chi connectivity index (χ2n) is 5.80. The maximum absolute atomic E-state index is 11.2. The van der Waals surface area contributed by atoms with Crippen LogP contribution >= 0.6 is 11.3 Å². The molecule has 0 atom stereocenters. The molecule has 0 aliphatic rings. The van der Waals surface area contributed by atoms with Crippen molar-refractivity contribution in [2.24, 2.45) is 5.73 Å². The monoisotopic (exact) mass is 365 g/mol. The van der Waals surface area contributed by atoms with Crippen LogP contribution in [0, 0.1) is 5.41 Å². The highest BCUT2D eigenvalue weighted by atomic mass is 32.1. The summed E-state index contributed by atoms with van der Waals surface area (Å²) in [6.45, 7) is 0. The van der Waals surface area contributed by atoms with Gasteiger partial charge < -0.3 is 10.5 Å². The van der Waals surface area contributed by atoms with Gasteiger partial charge in [-0.3, -0.25) is 10.2 Å². The van der Waals surface area contributed by atoms with E-state index in [1.54, 1.807) is 11.3 Å². The predicted octanol–water partition coefficient (Wildman–Crippen LogP) is 3.87. The number of ether oxygens (including phenoxy) is 1. The second kappa shape index (κ2) is 7.93. The van der Waals surface area contributed by atoms with Gasteiger partial charge in [-0.25, -0.2) is 4.98 Å². The van der Waals surface area contributed by atoms with Crippen molar-refractivity contribution in [3.05, 3.63) is 65.0 Å². The van der Waals surface area contributed by atoms with Crippen molar-refractivity contribution in [1.29, 1.82) is 5.41 Å². The molecule has 132 valence electrons. The summed E-state index contributed by atoms with van der Waals surface area (Å²) in [4.78, 5) is 15.9. The highest BCUT2D eigenvalue weighted by Crippen LogP contribution is 2.29. The highest BCUT2D eigenvalue weighted by Gasteiger charge is 2.08. The Kier molecular flexibility index (Phi) is 5.43. The molecule has 3 aromatic rings. The summed E-state index contributed by atoms with van der Waals surface area (Å²) in [6.07, 6.45) is 1.05. The maximum atomic E-state index is 11.2. The third kappa shape index (κ3) is 4.15. The number of methoxy groups -OCH3 is 1. The van der Waals surface area contributed by atoms with Crippen molar-refractivity contribution in [2.45, 2.75) is 12.8 Å². The first-order valence-corrected chi connectivity index (χ1v) is 9.01. The van der Waals surface area contributed by atoms with Gasteiger partial charge in [0.2, 0.25) is 0 Å². The first-order valence-electron chi connectivity index (χ1n) is 8.13. The van der Waals surface area contributed by atoms with E-state index in [2.05, 4.69) is 4.74 Å². The van der Waals surface area contributed by atoms with E-state index in [4.69, 9.17) is 16.1 Å². The number of nitrogens with two attached hydrogens (primary N) is 1. The minimum absolute atomic E-state index is 0.0590. The molecule has 26 heavy (non-hydrogen) atoms. The molecule has 0 amide bonds. The van der Waals surface area contributed by atoms with E-state index in [0.717, 1.165) is 27.4 Å². The van der Waals surface area contributed by atoms with Crippen LogP contribution < -0.4 is 5.73 Å². The van der Waals surface area contributed by atoms with Gasteiger partial charge in [-0.2, -0.15) is 0 Å². The second-order valence-corrected chi connectivity index (χ2v) is 6.66. The molecule has 1 aromatic heterocycles. The van der Waals surface area contributed by atoms with Gasteiger partial charge in [0.1, 0.15) is 10.8 Å². The number of nitrogens with one attached hydrogen (secondary N) is 1. The molecule has 0 bridgehead atoms. The van der Waals surface area contributed by atoms with Crippen molar-refractivity contribution in [3.8, 4) is 21.8 Å². The summed E-state index contributed by atoms with van der Waals surface area (Å²) in [5, 5.41) is 10.4. The standard InChI is InChI=1S/C20H19N3O2S/c1-25-18(24)11-4-13-2-5-14(6-3-13)17-12-26-20(23-17)16-9-7-15(8-10-16)19(21)22/h2-3,5-10,12H,4,11H2,1H3,(H3,21,22). The van der Waals surface area contributed by atoms with Gasteiger partial charge in [-0.05, 0) is 12.0 Å². The van der Waals surface area contributed by atoms with Crippen molar-refractivity contribution < 1.29 is 9.53 Å². The molecular weight excluding hydrogens is 346 g/mol. The molecule has 0 aliphatic heterocycles. The number of carbonyl (C=O) groups excluding carboxylic acids is 1. The van der Waals surface area contributed by atoms with Gasteiger partial charge in [-0.1, -0.05) is 48.5 Å². The van der Waals surface area contributed by atoms with E-state index in [-0.39, 0.29) is 11.8 Å². The number of benzene rings is 2. The van der Waals surface area contributed by atoms with E-state index < -0.39 is 0 Å². The van der Waals surface area contributed by atoms with Crippen LogP contribution in [-0.2, 0) is 16.0 Å². The number of esters is 1. The van der Waals surface area contributed by atoms with Crippen LogP contribution in [0.25, 0.3) is 21.8 Å². The largest absolute Gasteiger partial charge is 0.469 e. The Labute approximate surface area is 156 Å². The van der Waals surface area contributed by atoms with Gasteiger partial charge in [0.25, 0.3) is 0 Å². The zero-order valence-electron chi connectivity index (χ0n) is 14.4. The zero-order chi connectivity index (χ0) is 18.5. The van der Waals surface area contributed by atoms with Crippen LogP contribution in [0.2, 0.25) is 0 Å². The number of aromatic nitrogens is 1. The topological polar surface area (TPSA) is 89.1 Å². The number of rotatable bonds is 6. The van der Waals surface area contributed by atoms with Gasteiger partial charge in [0.05, 0.1) is 12.8 Å². The fourth-order valence-corrected chi connectivity index (χ4v) is 3.36. The Bertz CT molecular complexity index is 915. The van der Waals surface area contributed by atoms with Crippen molar-refractivity contribution in [1.82, 2.24) is 4.98 Å². The van der Waals surface area contributed by atoms with E-state index >= 15 is 0 Å². The number of hydrogen-bond acceptors (Lipinski definition) is 5. The Morgan fingerprint density at radius 1 is 1.12 bits per heavy atom. The lowest BCUT2D eigenvalue weighted by molar-refractivity contribution is -0.140. The lowest BCUT2D eigenvalue weighted by Crippen LogP contribution is -2.10. The number of aryl methyl sites for hydroxylation is 1. The molecule has 1 heterocycles. The van der Waals surface area contributed by atoms with Crippen LogP contribution in [0.15, 0.2) is 53.9 Å². The number of hydrogen-bond donors (Lipinski definition) is 2. The summed E-state index contributed by atoms with van der Waals surface area (Å²) in [5.41, 5.74) is 10.2. The highest BCUT2D eigenvalue weighted by molar-refractivity contribution is 7.13. The molecule has 0 unspecified atom stereocenters. The van der Waals surface area contributed by atoms with E-state index in [9.17, 15) is 4.79 Å². The van der Waals surface area contributed by atoms with Crippen LogP contribution in [0.5, 0.6) is 0 Å². The molecule has 0 radical (unpaired) electrons. The van der Waals surface area contributed by atoms with Crippen molar-refractivity contribution in [2.75, 3.05) is 7.11 Å². The molecule has 3 N–H and O–H groups in total. The average molecular weight is 365 g/mol. The summed E-state index contributed by atoms with van der Waals surface area (Å²) < 4.78 is 4.66. The molecule has 0 saturated carbocycles. The Morgan fingerprint density at radius 2 is 1.77 bits per heavy atom. The Hall–Kier alpha value is -2.99. The molecule has 6 heteroatoms. The van der Waals surface area contributed by atoms with Crippen molar-refractivity contribution >= 4 is 23.1 Å². The summed E-state index contributed by atoms with van der Waals surface area (Å²) in [7, 11) is 1.40. The van der Waals surface area contributed by atoms with Crippen molar-refractivity contribution in [3.63, 3.8) is 0 Å². The van der Waals surface area contributed by atoms with E-state index in [1.807, 2.05) is 53.9 Å². The molecule has 0 spiro atoms. The molecule has 0 aliphatic carbocycles. The fraction of sp³-hybridized carbons (Fsp3) is 0.150. The first-order chi connectivity index (χ1) is 12.6. The number of amidine groups is 1. The van der Waals surface area contributed by atoms with E-state index in [0.29, 0.717) is 18.4 Å². The Morgan fingerprint density at radius 3 is 2.38 bits per heavy atom. The number of thiazole rings is 1. The number of nitrogen functional groups attached to an aromatic ring is 1. The number of carbonyl (C=O) groups is 1. The van der Waals surface area contributed by atoms with Crippen LogP contribution in [0.1, 0.15) is 17.5 Å². The van der Waals surface area contributed by atoms with E-state index in [1.165, 1.54) is 7.11 Å².